The van der Waals surface area contributed by atoms with Crippen LogP contribution in [0.25, 0.3) is 6.08 Å². The van der Waals surface area contributed by atoms with Crippen LogP contribution in [0.2, 0.25) is 0 Å². The monoisotopic (exact) mass is 436 g/mol. The summed E-state index contributed by atoms with van der Waals surface area (Å²) in [5.74, 6) is 1.18. The molecule has 1 aliphatic rings. The second-order valence-electron chi connectivity index (χ2n) is 7.15. The summed E-state index contributed by atoms with van der Waals surface area (Å²) < 4.78 is 16.4. The quantitative estimate of drug-likeness (QED) is 0.439. The van der Waals surface area contributed by atoms with Gasteiger partial charge in [0.25, 0.3) is 5.91 Å². The molecule has 0 saturated carbocycles. The molecule has 32 heavy (non-hydrogen) atoms. The first-order valence-corrected chi connectivity index (χ1v) is 10.7. The Morgan fingerprint density at radius 3 is 2.47 bits per heavy atom. The van der Waals surface area contributed by atoms with Gasteiger partial charge >= 0.3 is 5.97 Å². The lowest BCUT2D eigenvalue weighted by Gasteiger charge is -2.19. The Morgan fingerprint density at radius 1 is 1.06 bits per heavy atom. The molecular formula is C25H28N2O5. The van der Waals surface area contributed by atoms with E-state index < -0.39 is 0 Å². The van der Waals surface area contributed by atoms with Crippen molar-refractivity contribution in [1.29, 1.82) is 0 Å². The molecule has 0 unspecified atom stereocenters. The van der Waals surface area contributed by atoms with E-state index in [1.807, 2.05) is 63.2 Å². The maximum atomic E-state index is 13.2. The van der Waals surface area contributed by atoms with Crippen molar-refractivity contribution < 1.29 is 23.8 Å². The van der Waals surface area contributed by atoms with E-state index in [9.17, 15) is 9.59 Å². The molecule has 168 valence electrons. The highest BCUT2D eigenvalue weighted by Gasteiger charge is 2.31. The van der Waals surface area contributed by atoms with Gasteiger partial charge in [0.2, 0.25) is 0 Å². The molecule has 7 nitrogen and oxygen atoms in total. The number of hydrogen-bond donors (Lipinski definition) is 0. The van der Waals surface area contributed by atoms with Gasteiger partial charge in [0, 0.05) is 12.5 Å². The van der Waals surface area contributed by atoms with Crippen LogP contribution in [0.15, 0.2) is 53.2 Å². The minimum absolute atomic E-state index is 0.0940. The zero-order valence-corrected chi connectivity index (χ0v) is 18.9. The number of amidine groups is 1. The third-order valence-corrected chi connectivity index (χ3v) is 4.82. The zero-order chi connectivity index (χ0) is 23.1. The fourth-order valence-electron chi connectivity index (χ4n) is 3.38. The summed E-state index contributed by atoms with van der Waals surface area (Å²) in [7, 11) is 0. The van der Waals surface area contributed by atoms with Gasteiger partial charge in [-0.1, -0.05) is 30.3 Å². The molecule has 7 heteroatoms. The molecule has 3 rings (SSSR count). The van der Waals surface area contributed by atoms with Crippen LogP contribution in [0, 0.1) is 6.92 Å². The number of carbonyl (C=O) groups is 2. The first-order chi connectivity index (χ1) is 15.4. The minimum Gasteiger partial charge on any atom is -0.490 e. The fraction of sp³-hybridized carbons (Fsp3) is 0.320. The van der Waals surface area contributed by atoms with Crippen molar-refractivity contribution in [3.05, 3.63) is 64.9 Å². The van der Waals surface area contributed by atoms with Crippen LogP contribution in [-0.4, -0.2) is 49.0 Å². The van der Waals surface area contributed by atoms with E-state index in [4.69, 9.17) is 14.2 Å². The fourth-order valence-corrected chi connectivity index (χ4v) is 3.38. The number of ether oxygens (including phenoxy) is 3. The molecule has 0 spiro atoms. The second-order valence-corrected chi connectivity index (χ2v) is 7.15. The lowest BCUT2D eigenvalue weighted by Crippen LogP contribution is -2.36. The molecular weight excluding hydrogens is 408 g/mol. The maximum Gasteiger partial charge on any atom is 0.302 e. The maximum absolute atomic E-state index is 13.2. The Balaban J connectivity index is 1.97. The predicted molar refractivity (Wildman–Crippen MR) is 123 cm³/mol. The summed E-state index contributed by atoms with van der Waals surface area (Å²) in [4.78, 5) is 30.6. The van der Waals surface area contributed by atoms with Crippen LogP contribution < -0.4 is 9.47 Å². The Morgan fingerprint density at radius 2 is 1.78 bits per heavy atom. The van der Waals surface area contributed by atoms with E-state index in [-0.39, 0.29) is 25.0 Å². The molecule has 0 atom stereocenters. The molecule has 2 aromatic carbocycles. The van der Waals surface area contributed by atoms with Crippen molar-refractivity contribution in [3.63, 3.8) is 0 Å². The Kier molecular flexibility index (Phi) is 7.65. The Labute approximate surface area is 188 Å². The lowest BCUT2D eigenvalue weighted by molar-refractivity contribution is -0.142. The average molecular weight is 437 g/mol. The molecule has 0 bridgehead atoms. The SMILES string of the molecule is CCOc1ccc(C=C2N=C(c3ccccc3C)N(CCOC(C)=O)C2=O)cc1OCC. The van der Waals surface area contributed by atoms with E-state index in [1.54, 1.807) is 11.0 Å². The smallest absolute Gasteiger partial charge is 0.302 e. The van der Waals surface area contributed by atoms with E-state index in [1.165, 1.54) is 6.92 Å². The van der Waals surface area contributed by atoms with Crippen molar-refractivity contribution in [2.24, 2.45) is 4.99 Å². The van der Waals surface area contributed by atoms with Crippen molar-refractivity contribution in [1.82, 2.24) is 4.90 Å². The largest absolute Gasteiger partial charge is 0.490 e. The standard InChI is InChI=1S/C25H28N2O5/c1-5-30-22-12-11-19(16-23(22)31-6-2)15-21-25(29)27(13-14-32-18(4)28)24(26-21)20-10-8-7-9-17(20)3/h7-12,15-16H,5-6,13-14H2,1-4H3. The first-order valence-electron chi connectivity index (χ1n) is 10.7. The number of aliphatic imine (C=N–C) groups is 1. The Bertz CT molecular complexity index is 1060. The first kappa shape index (κ1) is 23.1. The number of aryl methyl sites for hydroxylation is 1. The topological polar surface area (TPSA) is 77.4 Å². The zero-order valence-electron chi connectivity index (χ0n) is 18.9. The predicted octanol–water partition coefficient (Wildman–Crippen LogP) is 3.99. The number of nitrogens with zero attached hydrogens (tertiary/aromatic N) is 2. The van der Waals surface area contributed by atoms with Crippen molar-refractivity contribution in [3.8, 4) is 11.5 Å². The number of amides is 1. The molecule has 0 saturated heterocycles. The van der Waals surface area contributed by atoms with Crippen molar-refractivity contribution in [2.75, 3.05) is 26.4 Å². The van der Waals surface area contributed by atoms with Gasteiger partial charge < -0.3 is 14.2 Å². The number of benzene rings is 2. The van der Waals surface area contributed by atoms with Gasteiger partial charge in [-0.15, -0.1) is 0 Å². The average Bonchev–Trinajstić information content (AvgIpc) is 3.06. The summed E-state index contributed by atoms with van der Waals surface area (Å²) in [6.45, 7) is 8.46. The van der Waals surface area contributed by atoms with Gasteiger partial charge in [0.15, 0.2) is 11.5 Å². The summed E-state index contributed by atoms with van der Waals surface area (Å²) in [6, 6.07) is 13.2. The highest BCUT2D eigenvalue weighted by atomic mass is 16.5. The normalized spacial score (nSPS) is 14.5. The van der Waals surface area contributed by atoms with E-state index >= 15 is 0 Å². The second kappa shape index (κ2) is 10.6. The van der Waals surface area contributed by atoms with E-state index in [0.717, 1.165) is 16.7 Å². The lowest BCUT2D eigenvalue weighted by atomic mass is 10.1. The molecule has 1 aliphatic heterocycles. The number of carbonyl (C=O) groups excluding carboxylic acids is 2. The van der Waals surface area contributed by atoms with Crippen molar-refractivity contribution >= 4 is 23.8 Å². The molecule has 1 heterocycles. The van der Waals surface area contributed by atoms with Gasteiger partial charge in [-0.25, -0.2) is 4.99 Å². The number of rotatable bonds is 9. The Hall–Kier alpha value is -3.61. The highest BCUT2D eigenvalue weighted by molar-refractivity contribution is 6.20. The molecule has 0 fully saturated rings. The van der Waals surface area contributed by atoms with Gasteiger partial charge in [0.1, 0.15) is 18.1 Å². The molecule has 0 aliphatic carbocycles. The minimum atomic E-state index is -0.389. The number of esters is 1. The summed E-state index contributed by atoms with van der Waals surface area (Å²) in [5.41, 5.74) is 2.93. The van der Waals surface area contributed by atoms with Gasteiger partial charge in [-0.3, -0.25) is 14.5 Å². The molecule has 0 radical (unpaired) electrons. The third-order valence-electron chi connectivity index (χ3n) is 4.82. The van der Waals surface area contributed by atoms with Crippen LogP contribution in [0.4, 0.5) is 0 Å². The van der Waals surface area contributed by atoms with Gasteiger partial charge in [-0.05, 0) is 50.1 Å². The third kappa shape index (κ3) is 5.35. The summed E-state index contributed by atoms with van der Waals surface area (Å²) in [5, 5.41) is 0. The van der Waals surface area contributed by atoms with Crippen molar-refractivity contribution in [2.45, 2.75) is 27.7 Å². The number of hydrogen-bond acceptors (Lipinski definition) is 6. The van der Waals surface area contributed by atoms with Crippen LogP contribution >= 0.6 is 0 Å². The van der Waals surface area contributed by atoms with Gasteiger partial charge in [0.05, 0.1) is 19.8 Å². The van der Waals surface area contributed by atoms with Gasteiger partial charge in [-0.2, -0.15) is 0 Å². The molecule has 1 amide bonds. The van der Waals surface area contributed by atoms with Crippen LogP contribution in [-0.2, 0) is 14.3 Å². The van der Waals surface area contributed by atoms with E-state index in [0.29, 0.717) is 36.2 Å². The summed E-state index contributed by atoms with van der Waals surface area (Å²) in [6.07, 6.45) is 1.73. The van der Waals surface area contributed by atoms with Crippen LogP contribution in [0.1, 0.15) is 37.5 Å². The summed E-state index contributed by atoms with van der Waals surface area (Å²) >= 11 is 0. The van der Waals surface area contributed by atoms with E-state index in [2.05, 4.69) is 4.99 Å². The molecule has 0 N–H and O–H groups in total. The molecule has 2 aromatic rings. The highest BCUT2D eigenvalue weighted by Crippen LogP contribution is 2.30. The molecule has 0 aromatic heterocycles. The van der Waals surface area contributed by atoms with Crippen LogP contribution in [0.3, 0.4) is 0 Å². The van der Waals surface area contributed by atoms with Crippen LogP contribution in [0.5, 0.6) is 11.5 Å².